The molecule has 22 heavy (non-hydrogen) atoms. The summed E-state index contributed by atoms with van der Waals surface area (Å²) in [5, 5.41) is 36.6. The number of aromatic hydroxyl groups is 1. The maximum absolute atomic E-state index is 11.0. The minimum absolute atomic E-state index is 0.185. The van der Waals surface area contributed by atoms with Crippen molar-refractivity contribution in [2.75, 3.05) is 0 Å². The van der Waals surface area contributed by atoms with Crippen molar-refractivity contribution in [1.82, 2.24) is 10.2 Å². The third-order valence-corrected chi connectivity index (χ3v) is 3.29. The average molecular weight is 291 g/mol. The number of phenols is 1. The number of nitrogens with zero attached hydrogens (tertiary/aromatic N) is 3. The van der Waals surface area contributed by atoms with Crippen molar-refractivity contribution in [2.24, 2.45) is 0 Å². The fraction of sp³-hybridized carbons (Fsp3) is 0. The molecule has 106 valence electrons. The molecule has 1 aromatic heterocycles. The second-order valence-corrected chi connectivity index (χ2v) is 4.64. The number of aromatic nitrogens is 2. The van der Waals surface area contributed by atoms with E-state index in [-0.39, 0.29) is 11.3 Å². The number of benzene rings is 2. The zero-order valence-electron chi connectivity index (χ0n) is 11.2. The van der Waals surface area contributed by atoms with Crippen LogP contribution < -0.4 is 0 Å². The van der Waals surface area contributed by atoms with Crippen LogP contribution in [0.15, 0.2) is 42.6 Å². The highest BCUT2D eigenvalue weighted by Gasteiger charge is 2.13. The summed E-state index contributed by atoms with van der Waals surface area (Å²) in [5.74, 6) is -1.55. The molecule has 0 aliphatic carbocycles. The Morgan fingerprint density at radius 2 is 2.00 bits per heavy atom. The first-order valence-electron chi connectivity index (χ1n) is 6.32. The molecule has 0 saturated heterocycles. The summed E-state index contributed by atoms with van der Waals surface area (Å²) >= 11 is 0. The van der Waals surface area contributed by atoms with E-state index in [0.717, 1.165) is 5.39 Å². The van der Waals surface area contributed by atoms with Gasteiger partial charge in [0.15, 0.2) is 0 Å². The van der Waals surface area contributed by atoms with Gasteiger partial charge in [0.25, 0.3) is 0 Å². The van der Waals surface area contributed by atoms with Gasteiger partial charge < -0.3 is 10.2 Å². The molecule has 0 amide bonds. The summed E-state index contributed by atoms with van der Waals surface area (Å²) in [6, 6.07) is 11.3. The number of carbonyl (C=O) groups is 1. The van der Waals surface area contributed by atoms with Gasteiger partial charge in [-0.15, -0.1) is 5.10 Å². The van der Waals surface area contributed by atoms with Crippen molar-refractivity contribution < 1.29 is 15.0 Å². The molecule has 0 fully saturated rings. The van der Waals surface area contributed by atoms with Crippen LogP contribution in [0.5, 0.6) is 5.75 Å². The van der Waals surface area contributed by atoms with E-state index in [0.29, 0.717) is 22.2 Å². The predicted molar refractivity (Wildman–Crippen MR) is 78.3 cm³/mol. The van der Waals surface area contributed by atoms with Gasteiger partial charge in [0.1, 0.15) is 16.8 Å². The molecule has 0 bridgehead atoms. The Hall–Kier alpha value is -3.46. The molecular weight excluding hydrogens is 282 g/mol. The number of fused-ring (bicyclic) bond motifs is 1. The van der Waals surface area contributed by atoms with Crippen LogP contribution in [0.4, 0.5) is 0 Å². The Labute approximate surface area is 124 Å². The van der Waals surface area contributed by atoms with E-state index in [1.165, 1.54) is 18.3 Å². The number of nitriles is 1. The highest BCUT2D eigenvalue weighted by atomic mass is 16.4. The molecule has 0 aliphatic heterocycles. The highest BCUT2D eigenvalue weighted by molar-refractivity contribution is 5.96. The average Bonchev–Trinajstić information content (AvgIpc) is 2.53. The monoisotopic (exact) mass is 291 g/mol. The molecule has 0 aliphatic rings. The van der Waals surface area contributed by atoms with Gasteiger partial charge in [0.05, 0.1) is 17.8 Å². The molecule has 6 nitrogen and oxygen atoms in total. The van der Waals surface area contributed by atoms with E-state index in [1.807, 2.05) is 0 Å². The van der Waals surface area contributed by atoms with Gasteiger partial charge in [-0.05, 0) is 35.9 Å². The summed E-state index contributed by atoms with van der Waals surface area (Å²) in [7, 11) is 0. The van der Waals surface area contributed by atoms with Crippen LogP contribution in [0.25, 0.3) is 22.0 Å². The smallest absolute Gasteiger partial charge is 0.339 e. The second-order valence-electron chi connectivity index (χ2n) is 4.64. The van der Waals surface area contributed by atoms with Gasteiger partial charge in [-0.25, -0.2) is 4.79 Å². The lowest BCUT2D eigenvalue weighted by molar-refractivity contribution is 0.0694. The van der Waals surface area contributed by atoms with E-state index >= 15 is 0 Å². The first-order chi connectivity index (χ1) is 10.6. The van der Waals surface area contributed by atoms with Crippen molar-refractivity contribution in [3.05, 3.63) is 53.7 Å². The largest absolute Gasteiger partial charge is 0.507 e. The number of carboxylic acids is 1. The summed E-state index contributed by atoms with van der Waals surface area (Å²) in [6.07, 6.45) is 1.53. The molecule has 0 unspecified atom stereocenters. The van der Waals surface area contributed by atoms with Gasteiger partial charge in [0, 0.05) is 10.9 Å². The normalized spacial score (nSPS) is 10.3. The van der Waals surface area contributed by atoms with E-state index in [4.69, 9.17) is 10.4 Å². The predicted octanol–water partition coefficient (Wildman–Crippen LogP) is 2.57. The molecular formula is C16H9N3O3. The Morgan fingerprint density at radius 3 is 2.68 bits per heavy atom. The summed E-state index contributed by atoms with van der Waals surface area (Å²) in [5.41, 5.74) is 2.00. The maximum Gasteiger partial charge on any atom is 0.339 e. The van der Waals surface area contributed by atoms with Crippen LogP contribution in [0.2, 0.25) is 0 Å². The summed E-state index contributed by atoms with van der Waals surface area (Å²) in [6.45, 7) is 0. The fourth-order valence-electron chi connectivity index (χ4n) is 2.26. The molecule has 1 heterocycles. The van der Waals surface area contributed by atoms with Crippen LogP contribution in [-0.2, 0) is 0 Å². The molecule has 2 aromatic carbocycles. The molecule has 3 rings (SSSR count). The SMILES string of the molecule is N#Cc1cc(-c2ccc(C(=O)O)c(O)c2)c2nnccc2c1. The first kappa shape index (κ1) is 13.5. The Kier molecular flexibility index (Phi) is 3.16. The van der Waals surface area contributed by atoms with Gasteiger partial charge in [0.2, 0.25) is 0 Å². The summed E-state index contributed by atoms with van der Waals surface area (Å²) < 4.78 is 0. The van der Waals surface area contributed by atoms with Crippen LogP contribution in [0.3, 0.4) is 0 Å². The first-order valence-corrected chi connectivity index (χ1v) is 6.32. The minimum Gasteiger partial charge on any atom is -0.507 e. The van der Waals surface area contributed by atoms with Crippen LogP contribution >= 0.6 is 0 Å². The van der Waals surface area contributed by atoms with Crippen molar-refractivity contribution in [2.45, 2.75) is 0 Å². The molecule has 0 saturated carbocycles. The highest BCUT2D eigenvalue weighted by Crippen LogP contribution is 2.31. The van der Waals surface area contributed by atoms with E-state index in [2.05, 4.69) is 16.3 Å². The minimum atomic E-state index is -1.21. The van der Waals surface area contributed by atoms with Crippen LogP contribution in [0.1, 0.15) is 15.9 Å². The van der Waals surface area contributed by atoms with Gasteiger partial charge in [-0.1, -0.05) is 6.07 Å². The molecule has 2 N–H and O–H groups in total. The third-order valence-electron chi connectivity index (χ3n) is 3.29. The lowest BCUT2D eigenvalue weighted by Crippen LogP contribution is -1.97. The number of hydrogen-bond acceptors (Lipinski definition) is 5. The van der Waals surface area contributed by atoms with E-state index in [9.17, 15) is 9.90 Å². The second kappa shape index (κ2) is 5.14. The summed E-state index contributed by atoms with van der Waals surface area (Å²) in [4.78, 5) is 11.0. The zero-order valence-corrected chi connectivity index (χ0v) is 11.2. The van der Waals surface area contributed by atoms with Gasteiger partial charge >= 0.3 is 5.97 Å². The standard InChI is InChI=1S/C16H9N3O3/c17-8-9-5-11-3-4-18-19-15(11)13(6-9)10-1-2-12(16(21)22)14(20)7-10/h1-7,20H,(H,21,22). The van der Waals surface area contributed by atoms with E-state index in [1.54, 1.807) is 24.3 Å². The van der Waals surface area contributed by atoms with Crippen LogP contribution in [0, 0.1) is 11.3 Å². The lowest BCUT2D eigenvalue weighted by atomic mass is 9.98. The number of carboxylic acid groups (broad SMARTS) is 1. The van der Waals surface area contributed by atoms with Crippen molar-refractivity contribution >= 4 is 16.9 Å². The number of aromatic carboxylic acids is 1. The van der Waals surface area contributed by atoms with Gasteiger partial charge in [-0.3, -0.25) is 0 Å². The molecule has 6 heteroatoms. The Bertz CT molecular complexity index is 945. The van der Waals surface area contributed by atoms with E-state index < -0.39 is 5.97 Å². The third kappa shape index (κ3) is 2.21. The molecule has 0 radical (unpaired) electrons. The fourth-order valence-corrected chi connectivity index (χ4v) is 2.26. The number of rotatable bonds is 2. The van der Waals surface area contributed by atoms with Crippen molar-refractivity contribution in [1.29, 1.82) is 5.26 Å². The quantitative estimate of drug-likeness (QED) is 0.751. The zero-order chi connectivity index (χ0) is 15.7. The molecule has 3 aromatic rings. The Balaban J connectivity index is 2.28. The van der Waals surface area contributed by atoms with Crippen molar-refractivity contribution in [3.8, 4) is 22.9 Å². The number of hydrogen-bond donors (Lipinski definition) is 2. The molecule has 0 spiro atoms. The van der Waals surface area contributed by atoms with Crippen molar-refractivity contribution in [3.63, 3.8) is 0 Å². The molecule has 0 atom stereocenters. The lowest BCUT2D eigenvalue weighted by Gasteiger charge is -2.08. The topological polar surface area (TPSA) is 107 Å². The Morgan fingerprint density at radius 1 is 1.18 bits per heavy atom. The van der Waals surface area contributed by atoms with Gasteiger partial charge in [-0.2, -0.15) is 10.4 Å². The van der Waals surface area contributed by atoms with Crippen LogP contribution in [-0.4, -0.2) is 26.4 Å². The maximum atomic E-state index is 11.0.